The van der Waals surface area contributed by atoms with Crippen molar-refractivity contribution in [2.24, 2.45) is 0 Å². The van der Waals surface area contributed by atoms with E-state index in [9.17, 15) is 9.59 Å². The molecule has 1 fully saturated rings. The highest BCUT2D eigenvalue weighted by molar-refractivity contribution is 5.83. The zero-order valence-electron chi connectivity index (χ0n) is 14.9. The van der Waals surface area contributed by atoms with Crippen molar-refractivity contribution in [3.63, 3.8) is 0 Å². The Morgan fingerprint density at radius 2 is 1.83 bits per heavy atom. The quantitative estimate of drug-likeness (QED) is 0.923. The van der Waals surface area contributed by atoms with Crippen molar-refractivity contribution in [2.45, 2.75) is 58.1 Å². The smallest absolute Gasteiger partial charge is 0.410 e. The molecule has 1 N–H and O–H groups in total. The van der Waals surface area contributed by atoms with Crippen molar-refractivity contribution >= 4 is 12.0 Å². The number of nitrogens with one attached hydrogen (secondary N) is 1. The summed E-state index contributed by atoms with van der Waals surface area (Å²) >= 11 is 0. The Labute approximate surface area is 143 Å². The average Bonchev–Trinajstić information content (AvgIpc) is 2.54. The van der Waals surface area contributed by atoms with E-state index in [-0.39, 0.29) is 24.0 Å². The first-order chi connectivity index (χ1) is 11.3. The summed E-state index contributed by atoms with van der Waals surface area (Å²) in [7, 11) is 0. The summed E-state index contributed by atoms with van der Waals surface area (Å²) in [6.45, 7) is 8.67. The molecule has 1 aromatic rings. The lowest BCUT2D eigenvalue weighted by Gasteiger charge is -2.34. The van der Waals surface area contributed by atoms with Gasteiger partial charge in [-0.2, -0.15) is 0 Å². The summed E-state index contributed by atoms with van der Waals surface area (Å²) in [5.41, 5.74) is 0.468. The number of ether oxygens (including phenoxy) is 1. The van der Waals surface area contributed by atoms with Crippen LogP contribution in [-0.2, 0) is 9.53 Å². The number of pyridine rings is 1. The Morgan fingerprint density at radius 1 is 1.25 bits per heavy atom. The van der Waals surface area contributed by atoms with Gasteiger partial charge in [0.1, 0.15) is 5.60 Å². The van der Waals surface area contributed by atoms with Crippen LogP contribution in [0.3, 0.4) is 0 Å². The highest BCUT2D eigenvalue weighted by atomic mass is 16.6. The van der Waals surface area contributed by atoms with Crippen LogP contribution in [0.25, 0.3) is 0 Å². The Kier molecular flexibility index (Phi) is 5.80. The molecule has 1 atom stereocenters. The summed E-state index contributed by atoms with van der Waals surface area (Å²) in [5.74, 6) is -0.200. The molecule has 1 aliphatic heterocycles. The fraction of sp³-hybridized carbons (Fsp3) is 0.611. The number of hydrogen-bond acceptors (Lipinski definition) is 4. The average molecular weight is 333 g/mol. The maximum Gasteiger partial charge on any atom is 0.410 e. The van der Waals surface area contributed by atoms with Gasteiger partial charge in [0.05, 0.1) is 5.92 Å². The highest BCUT2D eigenvalue weighted by Gasteiger charge is 2.28. The standard InChI is InChI=1S/C18H27N3O3/c1-13(14-5-9-19-10-6-14)16(22)20-15-7-11-21(12-8-15)17(23)24-18(2,3)4/h5-6,9-10,13,15H,7-8,11-12H2,1-4H3,(H,20,22). The van der Waals surface area contributed by atoms with E-state index >= 15 is 0 Å². The number of amides is 2. The van der Waals surface area contributed by atoms with Crippen molar-refractivity contribution in [1.82, 2.24) is 15.2 Å². The molecule has 2 amide bonds. The third kappa shape index (κ3) is 5.22. The summed E-state index contributed by atoms with van der Waals surface area (Å²) in [6, 6.07) is 3.81. The first-order valence-corrected chi connectivity index (χ1v) is 8.44. The molecule has 0 aliphatic carbocycles. The van der Waals surface area contributed by atoms with Crippen LogP contribution < -0.4 is 5.32 Å². The van der Waals surface area contributed by atoms with Gasteiger partial charge in [-0.05, 0) is 58.2 Å². The zero-order chi connectivity index (χ0) is 17.7. The van der Waals surface area contributed by atoms with Crippen molar-refractivity contribution in [3.05, 3.63) is 30.1 Å². The third-order valence-corrected chi connectivity index (χ3v) is 4.09. The maximum absolute atomic E-state index is 12.4. The number of aromatic nitrogens is 1. The molecule has 1 saturated heterocycles. The first-order valence-electron chi connectivity index (χ1n) is 8.44. The number of piperidine rings is 1. The molecule has 2 rings (SSSR count). The Bertz CT molecular complexity index is 561. The summed E-state index contributed by atoms with van der Waals surface area (Å²) in [6.07, 6.45) is 4.59. The van der Waals surface area contributed by atoms with Crippen LogP contribution in [0, 0.1) is 0 Å². The maximum atomic E-state index is 12.4. The molecule has 2 heterocycles. The van der Waals surface area contributed by atoms with E-state index in [1.165, 1.54) is 0 Å². The van der Waals surface area contributed by atoms with Gasteiger partial charge in [-0.25, -0.2) is 4.79 Å². The van der Waals surface area contributed by atoms with Crippen molar-refractivity contribution in [2.75, 3.05) is 13.1 Å². The third-order valence-electron chi connectivity index (χ3n) is 4.09. The lowest BCUT2D eigenvalue weighted by molar-refractivity contribution is -0.123. The first kappa shape index (κ1) is 18.2. The zero-order valence-corrected chi connectivity index (χ0v) is 14.9. The second-order valence-electron chi connectivity index (χ2n) is 7.25. The van der Waals surface area contributed by atoms with Crippen LogP contribution >= 0.6 is 0 Å². The van der Waals surface area contributed by atoms with E-state index in [2.05, 4.69) is 10.3 Å². The molecule has 0 aromatic carbocycles. The number of carbonyl (C=O) groups is 2. The number of hydrogen-bond donors (Lipinski definition) is 1. The largest absolute Gasteiger partial charge is 0.444 e. The molecule has 0 spiro atoms. The van der Waals surface area contributed by atoms with Crippen LogP contribution in [0.5, 0.6) is 0 Å². The van der Waals surface area contributed by atoms with Gasteiger partial charge < -0.3 is 15.0 Å². The summed E-state index contributed by atoms with van der Waals surface area (Å²) in [4.78, 5) is 30.1. The predicted octanol–water partition coefficient (Wildman–Crippen LogP) is 2.70. The van der Waals surface area contributed by atoms with E-state index in [1.54, 1.807) is 17.3 Å². The monoisotopic (exact) mass is 333 g/mol. The minimum Gasteiger partial charge on any atom is -0.444 e. The highest BCUT2D eigenvalue weighted by Crippen LogP contribution is 2.18. The van der Waals surface area contributed by atoms with E-state index in [0.717, 1.165) is 18.4 Å². The Morgan fingerprint density at radius 3 is 2.38 bits per heavy atom. The van der Waals surface area contributed by atoms with Gasteiger partial charge in [-0.1, -0.05) is 0 Å². The lowest BCUT2D eigenvalue weighted by atomic mass is 9.99. The topological polar surface area (TPSA) is 71.5 Å². The van der Waals surface area contributed by atoms with Crippen LogP contribution in [0.1, 0.15) is 52.0 Å². The van der Waals surface area contributed by atoms with Crippen molar-refractivity contribution in [1.29, 1.82) is 0 Å². The van der Waals surface area contributed by atoms with Crippen LogP contribution in [0.4, 0.5) is 4.79 Å². The molecule has 6 nitrogen and oxygen atoms in total. The SMILES string of the molecule is CC(C(=O)NC1CCN(C(=O)OC(C)(C)C)CC1)c1ccncc1. The molecular formula is C18H27N3O3. The Hall–Kier alpha value is -2.11. The van der Waals surface area contributed by atoms with Crippen LogP contribution in [-0.4, -0.2) is 46.6 Å². The van der Waals surface area contributed by atoms with E-state index < -0.39 is 5.60 Å². The number of rotatable bonds is 3. The summed E-state index contributed by atoms with van der Waals surface area (Å²) in [5, 5.41) is 3.09. The molecule has 24 heavy (non-hydrogen) atoms. The minimum atomic E-state index is -0.484. The second-order valence-corrected chi connectivity index (χ2v) is 7.25. The van der Waals surface area contributed by atoms with Gasteiger partial charge in [-0.3, -0.25) is 9.78 Å². The number of nitrogens with zero attached hydrogens (tertiary/aromatic N) is 2. The fourth-order valence-corrected chi connectivity index (χ4v) is 2.66. The van der Waals surface area contributed by atoms with E-state index in [0.29, 0.717) is 13.1 Å². The molecule has 1 unspecified atom stereocenters. The van der Waals surface area contributed by atoms with Gasteiger partial charge >= 0.3 is 6.09 Å². The van der Waals surface area contributed by atoms with Gasteiger partial charge in [0.2, 0.25) is 5.91 Å². The summed E-state index contributed by atoms with van der Waals surface area (Å²) < 4.78 is 5.38. The fourth-order valence-electron chi connectivity index (χ4n) is 2.66. The molecule has 0 bridgehead atoms. The molecule has 0 saturated carbocycles. The Balaban J connectivity index is 1.80. The number of likely N-dealkylation sites (tertiary alicyclic amines) is 1. The molecule has 0 radical (unpaired) electrons. The second kappa shape index (κ2) is 7.64. The van der Waals surface area contributed by atoms with Gasteiger partial charge in [0.25, 0.3) is 0 Å². The van der Waals surface area contributed by atoms with Gasteiger partial charge in [-0.15, -0.1) is 0 Å². The lowest BCUT2D eigenvalue weighted by Crippen LogP contribution is -2.48. The molecule has 6 heteroatoms. The van der Waals surface area contributed by atoms with Crippen molar-refractivity contribution in [3.8, 4) is 0 Å². The normalized spacial score (nSPS) is 17.2. The van der Waals surface area contributed by atoms with Crippen molar-refractivity contribution < 1.29 is 14.3 Å². The van der Waals surface area contributed by atoms with E-state index in [1.807, 2.05) is 39.8 Å². The molecule has 132 valence electrons. The van der Waals surface area contributed by atoms with Crippen LogP contribution in [0.2, 0.25) is 0 Å². The molecule has 1 aromatic heterocycles. The van der Waals surface area contributed by atoms with E-state index in [4.69, 9.17) is 4.74 Å². The predicted molar refractivity (Wildman–Crippen MR) is 91.6 cm³/mol. The van der Waals surface area contributed by atoms with Crippen LogP contribution in [0.15, 0.2) is 24.5 Å². The minimum absolute atomic E-state index is 0.0110. The molecular weight excluding hydrogens is 306 g/mol. The number of carbonyl (C=O) groups excluding carboxylic acids is 2. The van der Waals surface area contributed by atoms with Gasteiger partial charge in [0.15, 0.2) is 0 Å². The molecule has 1 aliphatic rings. The van der Waals surface area contributed by atoms with Gasteiger partial charge in [0, 0.05) is 31.5 Å².